The summed E-state index contributed by atoms with van der Waals surface area (Å²) in [6.45, 7) is 10.1. The van der Waals surface area contributed by atoms with E-state index < -0.39 is 0 Å². The van der Waals surface area contributed by atoms with Crippen LogP contribution in [0.1, 0.15) is 38.6 Å². The van der Waals surface area contributed by atoms with Crippen LogP contribution in [0.4, 0.5) is 11.6 Å². The van der Waals surface area contributed by atoms with E-state index in [1.807, 2.05) is 6.92 Å². The number of hydrogen-bond donors (Lipinski definition) is 2. The summed E-state index contributed by atoms with van der Waals surface area (Å²) in [5.74, 6) is 2.03. The fourth-order valence-electron chi connectivity index (χ4n) is 2.25. The minimum atomic E-state index is -0.284. The third kappa shape index (κ3) is 3.44. The Morgan fingerprint density at radius 2 is 2.10 bits per heavy atom. The second-order valence-corrected chi connectivity index (χ2v) is 6.70. The molecule has 0 aromatic carbocycles. The molecule has 1 saturated heterocycles. The molecule has 1 aromatic heterocycles. The van der Waals surface area contributed by atoms with Crippen molar-refractivity contribution in [2.24, 2.45) is 0 Å². The summed E-state index contributed by atoms with van der Waals surface area (Å²) < 4.78 is 11.1. The number of aromatic nitrogens is 2. The highest BCUT2D eigenvalue weighted by Gasteiger charge is 2.35. The predicted molar refractivity (Wildman–Crippen MR) is 83.5 cm³/mol. The molecule has 6 nitrogen and oxygen atoms in total. The van der Waals surface area contributed by atoms with Crippen molar-refractivity contribution in [2.75, 3.05) is 37.9 Å². The van der Waals surface area contributed by atoms with Crippen molar-refractivity contribution < 1.29 is 9.47 Å². The van der Waals surface area contributed by atoms with E-state index in [0.717, 1.165) is 30.2 Å². The summed E-state index contributed by atoms with van der Waals surface area (Å²) in [6, 6.07) is 0. The minimum Gasteiger partial charge on any atom is -0.383 e. The maximum Gasteiger partial charge on any atom is 0.138 e. The van der Waals surface area contributed by atoms with Crippen molar-refractivity contribution in [1.82, 2.24) is 9.97 Å². The van der Waals surface area contributed by atoms with Crippen molar-refractivity contribution >= 4 is 11.6 Å². The molecule has 3 N–H and O–H groups in total. The molecule has 1 fully saturated rings. The van der Waals surface area contributed by atoms with Crippen LogP contribution in [0.2, 0.25) is 0 Å². The van der Waals surface area contributed by atoms with Gasteiger partial charge in [0.15, 0.2) is 0 Å². The highest BCUT2D eigenvalue weighted by atomic mass is 16.5. The van der Waals surface area contributed by atoms with Crippen LogP contribution in [0.25, 0.3) is 0 Å². The lowest BCUT2D eigenvalue weighted by molar-refractivity contribution is -0.00626. The van der Waals surface area contributed by atoms with Gasteiger partial charge in [-0.3, -0.25) is 0 Å². The second-order valence-electron chi connectivity index (χ2n) is 6.70. The van der Waals surface area contributed by atoms with Crippen LogP contribution in [-0.2, 0) is 14.9 Å². The van der Waals surface area contributed by atoms with E-state index in [-0.39, 0.29) is 11.0 Å². The summed E-state index contributed by atoms with van der Waals surface area (Å²) in [4.78, 5) is 9.02. The molecular weight excluding hydrogens is 268 g/mol. The van der Waals surface area contributed by atoms with E-state index in [0.29, 0.717) is 19.0 Å². The van der Waals surface area contributed by atoms with E-state index in [9.17, 15) is 0 Å². The average molecular weight is 294 g/mol. The van der Waals surface area contributed by atoms with Crippen LogP contribution in [-0.4, -0.2) is 42.4 Å². The van der Waals surface area contributed by atoms with Gasteiger partial charge in [0, 0.05) is 37.7 Å². The molecule has 1 aliphatic heterocycles. The van der Waals surface area contributed by atoms with Gasteiger partial charge in [-0.15, -0.1) is 0 Å². The van der Waals surface area contributed by atoms with Crippen LogP contribution in [0.5, 0.6) is 0 Å². The molecule has 21 heavy (non-hydrogen) atoms. The number of rotatable bonds is 4. The van der Waals surface area contributed by atoms with Crippen LogP contribution in [0.3, 0.4) is 0 Å². The van der Waals surface area contributed by atoms with Crippen LogP contribution in [0, 0.1) is 6.92 Å². The van der Waals surface area contributed by atoms with E-state index >= 15 is 0 Å². The first kappa shape index (κ1) is 16.0. The molecule has 2 rings (SSSR count). The number of nitrogens with two attached hydrogens (primary N) is 1. The Balaban J connectivity index is 2.21. The fraction of sp³-hybridized carbons (Fsp3) is 0.733. The van der Waals surface area contributed by atoms with Gasteiger partial charge >= 0.3 is 0 Å². The Bertz CT molecular complexity index is 505. The van der Waals surface area contributed by atoms with Gasteiger partial charge in [0.05, 0.1) is 6.61 Å². The van der Waals surface area contributed by atoms with Crippen molar-refractivity contribution in [2.45, 2.75) is 45.1 Å². The zero-order chi connectivity index (χ0) is 15.7. The van der Waals surface area contributed by atoms with Crippen molar-refractivity contribution in [1.29, 1.82) is 0 Å². The first-order valence-electron chi connectivity index (χ1n) is 7.29. The quantitative estimate of drug-likeness (QED) is 0.882. The molecule has 0 amide bonds. The van der Waals surface area contributed by atoms with Crippen LogP contribution >= 0.6 is 0 Å². The first-order valence-corrected chi connectivity index (χ1v) is 7.29. The van der Waals surface area contributed by atoms with Crippen molar-refractivity contribution in [3.8, 4) is 0 Å². The smallest absolute Gasteiger partial charge is 0.138 e. The van der Waals surface area contributed by atoms with Gasteiger partial charge in [0.1, 0.15) is 23.1 Å². The summed E-state index contributed by atoms with van der Waals surface area (Å²) in [5.41, 5.74) is 6.46. The number of anilines is 2. The van der Waals surface area contributed by atoms with Crippen molar-refractivity contribution in [3.63, 3.8) is 0 Å². The maximum absolute atomic E-state index is 6.02. The molecule has 118 valence electrons. The Labute approximate surface area is 126 Å². The number of hydrogen-bond acceptors (Lipinski definition) is 6. The molecule has 0 spiro atoms. The normalized spacial score (nSPS) is 22.5. The summed E-state index contributed by atoms with van der Waals surface area (Å²) in [6.07, 6.45) is 0.877. The largest absolute Gasteiger partial charge is 0.383 e. The zero-order valence-electron chi connectivity index (χ0n) is 13.6. The summed E-state index contributed by atoms with van der Waals surface area (Å²) in [5, 5.41) is 3.36. The lowest BCUT2D eigenvalue weighted by atomic mass is 9.95. The average Bonchev–Trinajstić information content (AvgIpc) is 2.88. The lowest BCUT2D eigenvalue weighted by Crippen LogP contribution is -2.40. The molecule has 1 atom stereocenters. The maximum atomic E-state index is 6.02. The van der Waals surface area contributed by atoms with E-state index in [1.54, 1.807) is 7.11 Å². The Morgan fingerprint density at radius 1 is 1.38 bits per heavy atom. The molecule has 1 aromatic rings. The Kier molecular flexibility index (Phi) is 4.39. The standard InChI is InChI=1S/C15H26N4O2/c1-10-11(16)18-13(14(2,3)4)19-12(10)17-8-15(20-5)6-7-21-9-15/h6-9H2,1-5H3,(H3,16,17,18,19). The highest BCUT2D eigenvalue weighted by Crippen LogP contribution is 2.27. The van der Waals surface area contributed by atoms with E-state index in [4.69, 9.17) is 15.2 Å². The van der Waals surface area contributed by atoms with Crippen LogP contribution in [0.15, 0.2) is 0 Å². The third-order valence-electron chi connectivity index (χ3n) is 3.93. The van der Waals surface area contributed by atoms with Gasteiger partial charge in [-0.25, -0.2) is 9.97 Å². The molecule has 0 radical (unpaired) electrons. The monoisotopic (exact) mass is 294 g/mol. The number of ether oxygens (including phenoxy) is 2. The molecule has 1 unspecified atom stereocenters. The highest BCUT2D eigenvalue weighted by molar-refractivity contribution is 5.55. The molecule has 6 heteroatoms. The van der Waals surface area contributed by atoms with Gasteiger partial charge < -0.3 is 20.5 Å². The molecular formula is C15H26N4O2. The molecule has 2 heterocycles. The first-order chi connectivity index (χ1) is 9.77. The molecule has 1 aliphatic rings. The number of methoxy groups -OCH3 is 1. The Hall–Kier alpha value is -1.40. The van der Waals surface area contributed by atoms with Gasteiger partial charge in [-0.2, -0.15) is 0 Å². The zero-order valence-corrected chi connectivity index (χ0v) is 13.6. The van der Waals surface area contributed by atoms with Gasteiger partial charge in [-0.05, 0) is 6.92 Å². The van der Waals surface area contributed by atoms with Gasteiger partial charge in [-0.1, -0.05) is 20.8 Å². The predicted octanol–water partition coefficient (Wildman–Crippen LogP) is 1.88. The van der Waals surface area contributed by atoms with Crippen LogP contribution < -0.4 is 11.1 Å². The molecule has 0 bridgehead atoms. The van der Waals surface area contributed by atoms with Gasteiger partial charge in [0.2, 0.25) is 0 Å². The SMILES string of the molecule is COC1(CNc2nc(C(C)(C)C)nc(N)c2C)CCOC1. The Morgan fingerprint density at radius 3 is 2.62 bits per heavy atom. The topological polar surface area (TPSA) is 82.3 Å². The summed E-state index contributed by atoms with van der Waals surface area (Å²) in [7, 11) is 1.72. The number of nitrogens with zero attached hydrogens (tertiary/aromatic N) is 2. The number of nitrogens with one attached hydrogen (secondary N) is 1. The fourth-order valence-corrected chi connectivity index (χ4v) is 2.25. The lowest BCUT2D eigenvalue weighted by Gasteiger charge is -2.27. The molecule has 0 aliphatic carbocycles. The second kappa shape index (κ2) is 5.77. The molecule has 0 saturated carbocycles. The third-order valence-corrected chi connectivity index (χ3v) is 3.93. The summed E-state index contributed by atoms with van der Waals surface area (Å²) >= 11 is 0. The van der Waals surface area contributed by atoms with Gasteiger partial charge in [0.25, 0.3) is 0 Å². The van der Waals surface area contributed by atoms with E-state index in [1.165, 1.54) is 0 Å². The van der Waals surface area contributed by atoms with Crippen molar-refractivity contribution in [3.05, 3.63) is 11.4 Å². The minimum absolute atomic E-state index is 0.145. The van der Waals surface area contributed by atoms with E-state index in [2.05, 4.69) is 36.1 Å². The number of nitrogen functional groups attached to an aromatic ring is 1.